The highest BCUT2D eigenvalue weighted by molar-refractivity contribution is 7.80. The van der Waals surface area contributed by atoms with E-state index in [4.69, 9.17) is 12.2 Å². The molecule has 0 aliphatic heterocycles. The number of nitrogens with zero attached hydrogens (tertiary/aromatic N) is 2. The molecule has 3 aromatic rings. The van der Waals surface area contributed by atoms with Gasteiger partial charge < -0.3 is 15.2 Å². The summed E-state index contributed by atoms with van der Waals surface area (Å²) in [4.78, 5) is 9.97. The average Bonchev–Trinajstić information content (AvgIpc) is 3.02. The highest BCUT2D eigenvalue weighted by atomic mass is 32.1. The zero-order valence-corrected chi connectivity index (χ0v) is 14.2. The van der Waals surface area contributed by atoms with Crippen LogP contribution in [-0.4, -0.2) is 33.6 Å². The molecular weight excluding hydrogens is 323 g/mol. The van der Waals surface area contributed by atoms with Gasteiger partial charge in [0.15, 0.2) is 5.11 Å². The molecule has 4 nitrogen and oxygen atoms in total. The highest BCUT2D eigenvalue weighted by Crippen LogP contribution is 2.12. The van der Waals surface area contributed by atoms with Crippen LogP contribution in [0.1, 0.15) is 11.4 Å². The number of hydrogen-bond donors (Lipinski definition) is 2. The summed E-state index contributed by atoms with van der Waals surface area (Å²) < 4.78 is 13.1. The van der Waals surface area contributed by atoms with Crippen LogP contribution in [0.4, 0.5) is 4.39 Å². The topological polar surface area (TPSA) is 44.0 Å². The molecule has 0 atom stereocenters. The number of imidazole rings is 1. The molecular formula is C18H19FN4S. The number of para-hydroxylation sites is 2. The smallest absolute Gasteiger partial charge is 0.168 e. The molecule has 0 fully saturated rings. The molecule has 0 aliphatic carbocycles. The first kappa shape index (κ1) is 16.4. The quantitative estimate of drug-likeness (QED) is 0.699. The van der Waals surface area contributed by atoms with Crippen LogP contribution in [0, 0.1) is 5.82 Å². The van der Waals surface area contributed by atoms with Gasteiger partial charge in [0.2, 0.25) is 0 Å². The summed E-state index contributed by atoms with van der Waals surface area (Å²) in [6.45, 7) is 1.34. The van der Waals surface area contributed by atoms with Crippen LogP contribution >= 0.6 is 12.2 Å². The molecule has 0 saturated carbocycles. The molecule has 24 heavy (non-hydrogen) atoms. The van der Waals surface area contributed by atoms with E-state index in [1.807, 2.05) is 24.3 Å². The van der Waals surface area contributed by atoms with Crippen LogP contribution in [0.25, 0.3) is 11.0 Å². The Morgan fingerprint density at radius 3 is 2.67 bits per heavy atom. The van der Waals surface area contributed by atoms with Gasteiger partial charge in [0.05, 0.1) is 11.0 Å². The Morgan fingerprint density at radius 1 is 1.21 bits per heavy atom. The van der Waals surface area contributed by atoms with Gasteiger partial charge in [-0.2, -0.15) is 0 Å². The van der Waals surface area contributed by atoms with Crippen LogP contribution in [0.3, 0.4) is 0 Å². The molecule has 0 amide bonds. The number of hydrogen-bond acceptors (Lipinski definition) is 2. The van der Waals surface area contributed by atoms with Gasteiger partial charge in [-0.15, -0.1) is 0 Å². The van der Waals surface area contributed by atoms with Crippen molar-refractivity contribution in [2.75, 3.05) is 13.6 Å². The van der Waals surface area contributed by atoms with Gasteiger partial charge >= 0.3 is 0 Å². The van der Waals surface area contributed by atoms with Gasteiger partial charge in [-0.05, 0) is 42.0 Å². The van der Waals surface area contributed by atoms with E-state index in [-0.39, 0.29) is 5.82 Å². The predicted octanol–water partition coefficient (Wildman–Crippen LogP) is 3.25. The van der Waals surface area contributed by atoms with Crippen LogP contribution in [0.15, 0.2) is 48.5 Å². The maximum Gasteiger partial charge on any atom is 0.168 e. The van der Waals surface area contributed by atoms with Crippen molar-refractivity contribution in [3.63, 3.8) is 0 Å². The third-order valence-corrected chi connectivity index (χ3v) is 4.31. The van der Waals surface area contributed by atoms with E-state index in [1.165, 1.54) is 12.1 Å². The van der Waals surface area contributed by atoms with Crippen molar-refractivity contribution in [3.8, 4) is 0 Å². The van der Waals surface area contributed by atoms with Crippen molar-refractivity contribution in [2.45, 2.75) is 13.0 Å². The van der Waals surface area contributed by atoms with E-state index in [2.05, 4.69) is 20.2 Å². The fourth-order valence-electron chi connectivity index (χ4n) is 2.59. The summed E-state index contributed by atoms with van der Waals surface area (Å²) in [6.07, 6.45) is 0.748. The Labute approximate surface area is 145 Å². The molecule has 2 aromatic carbocycles. The van der Waals surface area contributed by atoms with Gasteiger partial charge in [-0.25, -0.2) is 9.37 Å². The number of rotatable bonds is 5. The van der Waals surface area contributed by atoms with E-state index in [1.54, 1.807) is 19.2 Å². The van der Waals surface area contributed by atoms with Gasteiger partial charge in [-0.1, -0.05) is 24.3 Å². The fraction of sp³-hybridized carbons (Fsp3) is 0.222. The first-order valence-corrected chi connectivity index (χ1v) is 8.21. The van der Waals surface area contributed by atoms with Crippen LogP contribution in [0.5, 0.6) is 0 Å². The lowest BCUT2D eigenvalue weighted by Crippen LogP contribution is -2.38. The Kier molecular flexibility index (Phi) is 5.05. The third kappa shape index (κ3) is 3.89. The Hall–Kier alpha value is -2.47. The second-order valence-corrected chi connectivity index (χ2v) is 5.94. The monoisotopic (exact) mass is 342 g/mol. The van der Waals surface area contributed by atoms with Crippen molar-refractivity contribution in [1.29, 1.82) is 0 Å². The summed E-state index contributed by atoms with van der Waals surface area (Å²) in [5.74, 6) is 0.697. The number of thiocarbonyl (C=S) groups is 1. The SMILES string of the molecule is CNC(=S)N(CCc1nc2ccccc2[nH]1)Cc1ccc(F)cc1. The Morgan fingerprint density at radius 2 is 1.96 bits per heavy atom. The molecule has 6 heteroatoms. The molecule has 0 radical (unpaired) electrons. The lowest BCUT2D eigenvalue weighted by molar-refractivity contribution is 0.409. The van der Waals surface area contributed by atoms with Crippen LogP contribution in [0.2, 0.25) is 0 Å². The highest BCUT2D eigenvalue weighted by Gasteiger charge is 2.11. The molecule has 1 aromatic heterocycles. The van der Waals surface area contributed by atoms with E-state index in [0.29, 0.717) is 11.7 Å². The fourth-order valence-corrected chi connectivity index (χ4v) is 2.74. The lowest BCUT2D eigenvalue weighted by atomic mass is 10.2. The first-order chi connectivity index (χ1) is 11.7. The largest absolute Gasteiger partial charge is 0.366 e. The van der Waals surface area contributed by atoms with Crippen LogP contribution in [-0.2, 0) is 13.0 Å². The summed E-state index contributed by atoms with van der Waals surface area (Å²) in [5.41, 5.74) is 3.01. The van der Waals surface area contributed by atoms with Gasteiger partial charge in [0.25, 0.3) is 0 Å². The minimum absolute atomic E-state index is 0.233. The average molecular weight is 342 g/mol. The van der Waals surface area contributed by atoms with Gasteiger partial charge in [0.1, 0.15) is 11.6 Å². The standard InChI is InChI=1S/C18H19FN4S/c1-20-18(24)23(12-13-6-8-14(19)9-7-13)11-10-17-21-15-4-2-3-5-16(15)22-17/h2-9H,10-12H2,1H3,(H,20,24)(H,21,22). The zero-order valence-electron chi connectivity index (χ0n) is 13.4. The molecule has 0 unspecified atom stereocenters. The number of halogens is 1. The Bertz CT molecular complexity index is 795. The minimum Gasteiger partial charge on any atom is -0.366 e. The predicted molar refractivity (Wildman–Crippen MR) is 98.3 cm³/mol. The number of aromatic amines is 1. The van der Waals surface area contributed by atoms with Crippen molar-refractivity contribution in [3.05, 3.63) is 65.7 Å². The molecule has 0 spiro atoms. The molecule has 0 bridgehead atoms. The number of benzene rings is 2. The zero-order chi connectivity index (χ0) is 16.9. The molecule has 2 N–H and O–H groups in total. The summed E-state index contributed by atoms with van der Waals surface area (Å²) >= 11 is 5.39. The Balaban J connectivity index is 1.69. The van der Waals surface area contributed by atoms with E-state index < -0.39 is 0 Å². The van der Waals surface area contributed by atoms with Crippen molar-refractivity contribution in [1.82, 2.24) is 20.2 Å². The number of H-pyrrole nitrogens is 1. The maximum absolute atomic E-state index is 13.1. The molecule has 0 aliphatic rings. The van der Waals surface area contributed by atoms with Gasteiger partial charge in [0, 0.05) is 26.6 Å². The number of nitrogens with one attached hydrogen (secondary N) is 2. The molecule has 124 valence electrons. The lowest BCUT2D eigenvalue weighted by Gasteiger charge is -2.24. The van der Waals surface area contributed by atoms with E-state index in [0.717, 1.165) is 35.4 Å². The number of fused-ring (bicyclic) bond motifs is 1. The second kappa shape index (κ2) is 7.40. The third-order valence-electron chi connectivity index (χ3n) is 3.84. The molecule has 3 rings (SSSR count). The summed E-state index contributed by atoms with van der Waals surface area (Å²) in [6, 6.07) is 14.5. The second-order valence-electron chi connectivity index (χ2n) is 5.55. The first-order valence-electron chi connectivity index (χ1n) is 7.80. The van der Waals surface area contributed by atoms with E-state index in [9.17, 15) is 4.39 Å². The maximum atomic E-state index is 13.1. The minimum atomic E-state index is -0.233. The van der Waals surface area contributed by atoms with Crippen molar-refractivity contribution < 1.29 is 4.39 Å². The van der Waals surface area contributed by atoms with Crippen molar-refractivity contribution in [2.24, 2.45) is 0 Å². The summed E-state index contributed by atoms with van der Waals surface area (Å²) in [7, 11) is 1.81. The summed E-state index contributed by atoms with van der Waals surface area (Å²) in [5, 5.41) is 3.67. The molecule has 0 saturated heterocycles. The van der Waals surface area contributed by atoms with Crippen molar-refractivity contribution >= 4 is 28.4 Å². The van der Waals surface area contributed by atoms with Crippen LogP contribution < -0.4 is 5.32 Å². The van der Waals surface area contributed by atoms with Gasteiger partial charge in [-0.3, -0.25) is 0 Å². The molecule has 1 heterocycles. The normalized spacial score (nSPS) is 10.8. The van der Waals surface area contributed by atoms with E-state index >= 15 is 0 Å². The number of aromatic nitrogens is 2.